The van der Waals surface area contributed by atoms with Crippen molar-refractivity contribution in [1.29, 1.82) is 0 Å². The normalized spacial score (nSPS) is 13.7. The van der Waals surface area contributed by atoms with Gasteiger partial charge in [-0.05, 0) is 110 Å². The molecule has 0 saturated heterocycles. The third-order valence-corrected chi connectivity index (χ3v) is 11.3. The van der Waals surface area contributed by atoms with Crippen LogP contribution in [-0.2, 0) is 5.41 Å². The molecule has 1 aromatic heterocycles. The number of rotatable bonds is 4. The van der Waals surface area contributed by atoms with E-state index in [1.54, 1.807) is 0 Å². The average molecular weight is 625 g/mol. The van der Waals surface area contributed by atoms with Gasteiger partial charge in [-0.25, -0.2) is 0 Å². The summed E-state index contributed by atoms with van der Waals surface area (Å²) in [6.45, 7) is 4.70. The van der Waals surface area contributed by atoms with Crippen LogP contribution in [0, 0.1) is 0 Å². The summed E-state index contributed by atoms with van der Waals surface area (Å²) >= 11 is 0. The number of benzene rings is 9. The monoisotopic (exact) mass is 624 g/mol. The van der Waals surface area contributed by atoms with Crippen LogP contribution in [0.4, 0.5) is 17.1 Å². The second kappa shape index (κ2) is 9.49. The molecule has 0 saturated carbocycles. The van der Waals surface area contributed by atoms with Crippen LogP contribution >= 0.6 is 0 Å². The average Bonchev–Trinajstić information content (AvgIpc) is 3.61. The summed E-state index contributed by atoms with van der Waals surface area (Å²) in [5.41, 5.74) is 12.5. The number of hydrogen-bond donors (Lipinski definition) is 0. The highest BCUT2D eigenvalue weighted by atomic mass is 15.1. The molecule has 230 valence electrons. The van der Waals surface area contributed by atoms with E-state index in [0.717, 1.165) is 17.1 Å². The number of anilines is 3. The lowest BCUT2D eigenvalue weighted by molar-refractivity contribution is 0.660. The van der Waals surface area contributed by atoms with Crippen molar-refractivity contribution in [3.63, 3.8) is 0 Å². The molecule has 2 nitrogen and oxygen atoms in total. The minimum absolute atomic E-state index is 0.0668. The van der Waals surface area contributed by atoms with Crippen molar-refractivity contribution in [3.8, 4) is 16.8 Å². The molecule has 1 heterocycles. The maximum Gasteiger partial charge on any atom is 0.0548 e. The molecule has 0 amide bonds. The van der Waals surface area contributed by atoms with Crippen LogP contribution in [0.2, 0.25) is 0 Å². The van der Waals surface area contributed by atoms with E-state index in [2.05, 4.69) is 181 Å². The van der Waals surface area contributed by atoms with Crippen LogP contribution in [0.25, 0.3) is 70.9 Å². The Hall–Kier alpha value is -6.12. The van der Waals surface area contributed by atoms with E-state index in [0.29, 0.717) is 0 Å². The molecule has 11 rings (SSSR count). The fraction of sp³-hybridized carbons (Fsp3) is 0.0638. The van der Waals surface area contributed by atoms with Crippen molar-refractivity contribution in [2.45, 2.75) is 19.3 Å². The molecule has 0 fully saturated rings. The van der Waals surface area contributed by atoms with Crippen molar-refractivity contribution in [3.05, 3.63) is 169 Å². The van der Waals surface area contributed by atoms with Crippen LogP contribution in [0.5, 0.6) is 0 Å². The van der Waals surface area contributed by atoms with E-state index in [1.165, 1.54) is 82.1 Å². The van der Waals surface area contributed by atoms with Crippen LogP contribution in [0.3, 0.4) is 0 Å². The lowest BCUT2D eigenvalue weighted by Gasteiger charge is -2.28. The van der Waals surface area contributed by atoms with Gasteiger partial charge < -0.3 is 9.47 Å². The Balaban J connectivity index is 1.10. The zero-order valence-electron chi connectivity index (χ0n) is 27.4. The molecule has 1 aliphatic rings. The fourth-order valence-corrected chi connectivity index (χ4v) is 9.08. The van der Waals surface area contributed by atoms with Crippen LogP contribution in [0.15, 0.2) is 158 Å². The van der Waals surface area contributed by atoms with Crippen molar-refractivity contribution in [2.75, 3.05) is 4.90 Å². The molecular formula is C47H32N2. The van der Waals surface area contributed by atoms with Crippen LogP contribution < -0.4 is 4.90 Å². The van der Waals surface area contributed by atoms with Crippen molar-refractivity contribution in [1.82, 2.24) is 4.57 Å². The number of para-hydroxylation sites is 1. The summed E-state index contributed by atoms with van der Waals surface area (Å²) in [7, 11) is 0. The van der Waals surface area contributed by atoms with E-state index in [1.807, 2.05) is 0 Å². The minimum Gasteiger partial charge on any atom is -0.310 e. The highest BCUT2D eigenvalue weighted by Gasteiger charge is 2.35. The summed E-state index contributed by atoms with van der Waals surface area (Å²) in [5, 5.41) is 10.7. The lowest BCUT2D eigenvalue weighted by Crippen LogP contribution is -2.16. The van der Waals surface area contributed by atoms with Gasteiger partial charge in [0.25, 0.3) is 0 Å². The number of hydrogen-bond acceptors (Lipinski definition) is 1. The summed E-state index contributed by atoms with van der Waals surface area (Å²) < 4.78 is 2.46. The van der Waals surface area contributed by atoms with Gasteiger partial charge in [0.05, 0.1) is 11.0 Å². The van der Waals surface area contributed by atoms with E-state index < -0.39 is 0 Å². The molecule has 0 radical (unpaired) electrons. The van der Waals surface area contributed by atoms with Gasteiger partial charge in [0, 0.05) is 44.3 Å². The zero-order valence-corrected chi connectivity index (χ0v) is 27.4. The first-order valence-electron chi connectivity index (χ1n) is 17.2. The smallest absolute Gasteiger partial charge is 0.0548 e. The predicted octanol–water partition coefficient (Wildman–Crippen LogP) is 12.9. The summed E-state index contributed by atoms with van der Waals surface area (Å²) in [5.74, 6) is 0. The van der Waals surface area contributed by atoms with E-state index in [4.69, 9.17) is 0 Å². The maximum absolute atomic E-state index is 2.46. The van der Waals surface area contributed by atoms with Gasteiger partial charge in [-0.1, -0.05) is 111 Å². The molecule has 10 aromatic rings. The summed E-state index contributed by atoms with van der Waals surface area (Å²) in [4.78, 5) is 2.39. The van der Waals surface area contributed by atoms with Gasteiger partial charge in [-0.3, -0.25) is 0 Å². The van der Waals surface area contributed by atoms with Gasteiger partial charge in [-0.15, -0.1) is 0 Å². The molecule has 0 bridgehead atoms. The third kappa shape index (κ3) is 3.50. The zero-order chi connectivity index (χ0) is 32.4. The predicted molar refractivity (Wildman–Crippen MR) is 208 cm³/mol. The van der Waals surface area contributed by atoms with Crippen molar-refractivity contribution < 1.29 is 0 Å². The van der Waals surface area contributed by atoms with Crippen LogP contribution in [-0.4, -0.2) is 4.57 Å². The Morgan fingerprint density at radius 1 is 0.429 bits per heavy atom. The van der Waals surface area contributed by atoms with E-state index in [9.17, 15) is 0 Å². The van der Waals surface area contributed by atoms with Gasteiger partial charge in [0.15, 0.2) is 0 Å². The number of fused-ring (bicyclic) bond motifs is 4. The topological polar surface area (TPSA) is 8.17 Å². The first-order valence-corrected chi connectivity index (χ1v) is 17.2. The minimum atomic E-state index is -0.0668. The van der Waals surface area contributed by atoms with Crippen LogP contribution in [0.1, 0.15) is 25.0 Å². The molecule has 0 spiro atoms. The molecular weight excluding hydrogens is 593 g/mol. The first-order chi connectivity index (χ1) is 24.1. The third-order valence-electron chi connectivity index (χ3n) is 11.3. The standard InChI is InChI=1S/C47H32N2/c1-47(2)39-16-7-6-13-35(39)36-26-25-34(28-40(36)47)48(31-11-4-3-5-12-31)32-21-23-33(24-22-32)49-41-17-9-15-38-37-14-8-10-29-18-19-30-20-27-42(49)46(45(38)41)44(30)43(29)37/h3-28H,1-2H3. The molecule has 2 heteroatoms. The highest BCUT2D eigenvalue weighted by Crippen LogP contribution is 2.51. The molecule has 0 aliphatic heterocycles. The van der Waals surface area contributed by atoms with Gasteiger partial charge in [0.2, 0.25) is 0 Å². The second-order valence-electron chi connectivity index (χ2n) is 14.1. The van der Waals surface area contributed by atoms with Crippen molar-refractivity contribution >= 4 is 71.2 Å². The van der Waals surface area contributed by atoms with E-state index in [-0.39, 0.29) is 5.41 Å². The van der Waals surface area contributed by atoms with Gasteiger partial charge >= 0.3 is 0 Å². The largest absolute Gasteiger partial charge is 0.310 e. The molecule has 1 aliphatic carbocycles. The number of aromatic nitrogens is 1. The van der Waals surface area contributed by atoms with E-state index >= 15 is 0 Å². The Morgan fingerprint density at radius 3 is 1.90 bits per heavy atom. The molecule has 0 N–H and O–H groups in total. The lowest BCUT2D eigenvalue weighted by atomic mass is 9.82. The highest BCUT2D eigenvalue weighted by molar-refractivity contribution is 6.40. The quantitative estimate of drug-likeness (QED) is 0.140. The molecule has 49 heavy (non-hydrogen) atoms. The Morgan fingerprint density at radius 2 is 1.06 bits per heavy atom. The first kappa shape index (κ1) is 26.9. The Labute approximate surface area is 284 Å². The maximum atomic E-state index is 2.46. The van der Waals surface area contributed by atoms with Gasteiger partial charge in [0.1, 0.15) is 0 Å². The molecule has 9 aromatic carbocycles. The Bertz CT molecular complexity index is 2890. The summed E-state index contributed by atoms with van der Waals surface area (Å²) in [6, 6.07) is 58.5. The van der Waals surface area contributed by atoms with Crippen molar-refractivity contribution in [2.24, 2.45) is 0 Å². The summed E-state index contributed by atoms with van der Waals surface area (Å²) in [6.07, 6.45) is 0. The SMILES string of the molecule is CC1(C)c2ccccc2-c2ccc(N(c3ccccc3)c3ccc(-n4c5cccc6c7cccc8ccc9ccc4c(c9c87)c65)cc3)cc21. The Kier molecular flexibility index (Phi) is 5.21. The fourth-order valence-electron chi connectivity index (χ4n) is 9.08. The molecule has 0 unspecified atom stereocenters. The van der Waals surface area contributed by atoms with Gasteiger partial charge in [-0.2, -0.15) is 0 Å². The number of nitrogens with zero attached hydrogens (tertiary/aromatic N) is 2. The second-order valence-corrected chi connectivity index (χ2v) is 14.1. The molecule has 0 atom stereocenters.